The lowest BCUT2D eigenvalue weighted by Gasteiger charge is -2.34. The van der Waals surface area contributed by atoms with Gasteiger partial charge >= 0.3 is 6.01 Å². The predicted octanol–water partition coefficient (Wildman–Crippen LogP) is 0.0268. The number of piperazine rings is 1. The summed E-state index contributed by atoms with van der Waals surface area (Å²) in [5, 5.41) is 5.89. The molecule has 2 heterocycles. The second-order valence-electron chi connectivity index (χ2n) is 4.38. The minimum Gasteiger partial charge on any atom is -0.467 e. The van der Waals surface area contributed by atoms with E-state index in [2.05, 4.69) is 25.6 Å². The molecular weight excluding hydrogens is 260 g/mol. The molecule has 0 radical (unpaired) electrons. The SMILES string of the molecule is CCNc1nc(OC)nc(N2CCNC(=O)C2CC)n1. The van der Waals surface area contributed by atoms with Crippen molar-refractivity contribution >= 4 is 17.8 Å². The Morgan fingerprint density at radius 2 is 2.20 bits per heavy atom. The van der Waals surface area contributed by atoms with Crippen molar-refractivity contribution in [1.82, 2.24) is 20.3 Å². The number of carbonyl (C=O) groups excluding carboxylic acids is 1. The van der Waals surface area contributed by atoms with Crippen molar-refractivity contribution in [2.45, 2.75) is 26.3 Å². The first-order chi connectivity index (χ1) is 9.69. The lowest BCUT2D eigenvalue weighted by Crippen LogP contribution is -2.55. The Labute approximate surface area is 118 Å². The molecule has 1 aliphatic heterocycles. The summed E-state index contributed by atoms with van der Waals surface area (Å²) in [7, 11) is 1.51. The van der Waals surface area contributed by atoms with Crippen molar-refractivity contribution in [3.8, 4) is 6.01 Å². The Balaban J connectivity index is 2.34. The van der Waals surface area contributed by atoms with Crippen LogP contribution in [0.1, 0.15) is 20.3 Å². The molecule has 1 amide bonds. The molecule has 1 aromatic rings. The van der Waals surface area contributed by atoms with Crippen LogP contribution in [0.25, 0.3) is 0 Å². The third-order valence-corrected chi connectivity index (χ3v) is 3.09. The molecule has 1 unspecified atom stereocenters. The van der Waals surface area contributed by atoms with E-state index in [0.717, 1.165) is 0 Å². The van der Waals surface area contributed by atoms with Crippen LogP contribution in [0.2, 0.25) is 0 Å². The highest BCUT2D eigenvalue weighted by atomic mass is 16.5. The fraction of sp³-hybridized carbons (Fsp3) is 0.667. The zero-order chi connectivity index (χ0) is 14.5. The first-order valence-electron chi connectivity index (χ1n) is 6.77. The van der Waals surface area contributed by atoms with Crippen molar-refractivity contribution in [2.24, 2.45) is 0 Å². The van der Waals surface area contributed by atoms with Crippen LogP contribution in [-0.4, -0.2) is 53.6 Å². The molecule has 0 bridgehead atoms. The quantitative estimate of drug-likeness (QED) is 0.786. The fourth-order valence-corrected chi connectivity index (χ4v) is 2.16. The Kier molecular flexibility index (Phi) is 4.54. The first-order valence-corrected chi connectivity index (χ1v) is 6.77. The summed E-state index contributed by atoms with van der Waals surface area (Å²) in [6.45, 7) is 5.87. The van der Waals surface area contributed by atoms with E-state index in [1.54, 1.807) is 0 Å². The van der Waals surface area contributed by atoms with Crippen molar-refractivity contribution in [3.05, 3.63) is 0 Å². The van der Waals surface area contributed by atoms with E-state index in [1.165, 1.54) is 7.11 Å². The molecule has 1 fully saturated rings. The van der Waals surface area contributed by atoms with Gasteiger partial charge in [0.1, 0.15) is 6.04 Å². The van der Waals surface area contributed by atoms with Crippen LogP contribution >= 0.6 is 0 Å². The fourth-order valence-electron chi connectivity index (χ4n) is 2.16. The lowest BCUT2D eigenvalue weighted by molar-refractivity contribution is -0.123. The van der Waals surface area contributed by atoms with E-state index in [-0.39, 0.29) is 18.0 Å². The maximum Gasteiger partial charge on any atom is 0.322 e. The summed E-state index contributed by atoms with van der Waals surface area (Å²) in [6, 6.07) is -0.0166. The molecule has 0 aromatic carbocycles. The van der Waals surface area contributed by atoms with E-state index in [4.69, 9.17) is 4.74 Å². The number of methoxy groups -OCH3 is 1. The van der Waals surface area contributed by atoms with Crippen molar-refractivity contribution < 1.29 is 9.53 Å². The van der Waals surface area contributed by atoms with Gasteiger partial charge in [0.25, 0.3) is 0 Å². The molecule has 0 saturated carbocycles. The third kappa shape index (κ3) is 2.89. The van der Waals surface area contributed by atoms with Crippen LogP contribution in [0.3, 0.4) is 0 Å². The highest BCUT2D eigenvalue weighted by Gasteiger charge is 2.30. The first kappa shape index (κ1) is 14.3. The number of hydrogen-bond acceptors (Lipinski definition) is 7. The third-order valence-electron chi connectivity index (χ3n) is 3.09. The number of nitrogens with one attached hydrogen (secondary N) is 2. The number of carbonyl (C=O) groups is 1. The highest BCUT2D eigenvalue weighted by molar-refractivity contribution is 5.85. The smallest absolute Gasteiger partial charge is 0.322 e. The van der Waals surface area contributed by atoms with Gasteiger partial charge in [-0.3, -0.25) is 4.79 Å². The topological polar surface area (TPSA) is 92.3 Å². The normalized spacial score (nSPS) is 18.6. The van der Waals surface area contributed by atoms with Crippen LogP contribution in [0.5, 0.6) is 6.01 Å². The molecule has 1 atom stereocenters. The Bertz CT molecular complexity index is 481. The summed E-state index contributed by atoms with van der Waals surface area (Å²) >= 11 is 0. The average Bonchev–Trinajstić information content (AvgIpc) is 2.47. The molecule has 0 spiro atoms. The molecule has 8 nitrogen and oxygen atoms in total. The molecule has 2 N–H and O–H groups in total. The van der Waals surface area contributed by atoms with Crippen molar-refractivity contribution in [3.63, 3.8) is 0 Å². The van der Waals surface area contributed by atoms with E-state index in [9.17, 15) is 4.79 Å². The van der Waals surface area contributed by atoms with Gasteiger partial charge in [-0.05, 0) is 13.3 Å². The maximum absolute atomic E-state index is 11.9. The number of nitrogens with zero attached hydrogens (tertiary/aromatic N) is 4. The van der Waals surface area contributed by atoms with Gasteiger partial charge in [-0.2, -0.15) is 15.0 Å². The number of aromatic nitrogens is 3. The molecule has 0 aliphatic carbocycles. The average molecular weight is 280 g/mol. The predicted molar refractivity (Wildman–Crippen MR) is 75.0 cm³/mol. The molecule has 110 valence electrons. The van der Waals surface area contributed by atoms with Crippen molar-refractivity contribution in [2.75, 3.05) is 37.0 Å². The molecule has 20 heavy (non-hydrogen) atoms. The minimum absolute atomic E-state index is 0.00290. The van der Waals surface area contributed by atoms with Gasteiger partial charge < -0.3 is 20.3 Å². The van der Waals surface area contributed by atoms with Gasteiger partial charge in [-0.25, -0.2) is 0 Å². The minimum atomic E-state index is -0.259. The van der Waals surface area contributed by atoms with Crippen LogP contribution in [0.15, 0.2) is 0 Å². The van der Waals surface area contributed by atoms with Crippen molar-refractivity contribution in [1.29, 1.82) is 0 Å². The van der Waals surface area contributed by atoms with E-state index in [1.807, 2.05) is 18.7 Å². The second-order valence-corrected chi connectivity index (χ2v) is 4.38. The zero-order valence-corrected chi connectivity index (χ0v) is 12.0. The Morgan fingerprint density at radius 1 is 1.40 bits per heavy atom. The van der Waals surface area contributed by atoms with Gasteiger partial charge in [0.05, 0.1) is 7.11 Å². The van der Waals surface area contributed by atoms with E-state index < -0.39 is 0 Å². The number of ether oxygens (including phenoxy) is 1. The van der Waals surface area contributed by atoms with Crippen LogP contribution in [-0.2, 0) is 4.79 Å². The summed E-state index contributed by atoms with van der Waals surface area (Å²) in [6.07, 6.45) is 0.691. The van der Waals surface area contributed by atoms with Gasteiger partial charge in [0.15, 0.2) is 0 Å². The number of rotatable bonds is 5. The molecule has 2 rings (SSSR count). The van der Waals surface area contributed by atoms with E-state index in [0.29, 0.717) is 38.0 Å². The standard InChI is InChI=1S/C12H20N6O2/c1-4-8-9(19)14-6-7-18(8)11-15-10(13-5-2)16-12(17-11)20-3/h8H,4-7H2,1-3H3,(H,14,19)(H,13,15,16,17). The molecule has 1 aliphatic rings. The van der Waals surface area contributed by atoms with Gasteiger partial charge in [-0.15, -0.1) is 0 Å². The Hall–Kier alpha value is -2.12. The van der Waals surface area contributed by atoms with Crippen LogP contribution in [0, 0.1) is 0 Å². The summed E-state index contributed by atoms with van der Waals surface area (Å²) in [5.74, 6) is 0.924. The molecule has 8 heteroatoms. The van der Waals surface area contributed by atoms with Gasteiger partial charge in [0.2, 0.25) is 17.8 Å². The second kappa shape index (κ2) is 6.36. The monoisotopic (exact) mass is 280 g/mol. The molecular formula is C12H20N6O2. The molecule has 1 saturated heterocycles. The molecule has 1 aromatic heterocycles. The Morgan fingerprint density at radius 3 is 2.85 bits per heavy atom. The van der Waals surface area contributed by atoms with Crippen LogP contribution in [0.4, 0.5) is 11.9 Å². The summed E-state index contributed by atoms with van der Waals surface area (Å²) in [4.78, 5) is 26.5. The number of anilines is 2. The number of hydrogen-bond donors (Lipinski definition) is 2. The lowest BCUT2D eigenvalue weighted by atomic mass is 10.1. The summed E-state index contributed by atoms with van der Waals surface area (Å²) in [5.41, 5.74) is 0. The van der Waals surface area contributed by atoms with E-state index >= 15 is 0 Å². The van der Waals surface area contributed by atoms with Crippen LogP contribution < -0.4 is 20.3 Å². The van der Waals surface area contributed by atoms with Gasteiger partial charge in [0, 0.05) is 19.6 Å². The maximum atomic E-state index is 11.9. The summed E-state index contributed by atoms with van der Waals surface area (Å²) < 4.78 is 5.10. The largest absolute Gasteiger partial charge is 0.467 e. The zero-order valence-electron chi connectivity index (χ0n) is 12.0. The van der Waals surface area contributed by atoms with Gasteiger partial charge in [-0.1, -0.05) is 6.92 Å². The number of amides is 1. The highest BCUT2D eigenvalue weighted by Crippen LogP contribution is 2.19.